The van der Waals surface area contributed by atoms with Gasteiger partial charge in [0.1, 0.15) is 24.8 Å². The molecule has 1 unspecified atom stereocenters. The van der Waals surface area contributed by atoms with Gasteiger partial charge in [0.05, 0.1) is 5.69 Å². The van der Waals surface area contributed by atoms with Gasteiger partial charge in [-0.1, -0.05) is 0 Å². The van der Waals surface area contributed by atoms with Gasteiger partial charge >= 0.3 is 0 Å². The van der Waals surface area contributed by atoms with Crippen LogP contribution < -0.4 is 24.4 Å². The number of amides is 1. The summed E-state index contributed by atoms with van der Waals surface area (Å²) in [5.74, 6) is 1.58. The highest BCUT2D eigenvalue weighted by Crippen LogP contribution is 2.42. The molecule has 0 radical (unpaired) electrons. The van der Waals surface area contributed by atoms with E-state index in [1.165, 1.54) is 12.1 Å². The highest BCUT2D eigenvalue weighted by Gasteiger charge is 2.30. The van der Waals surface area contributed by atoms with Crippen molar-refractivity contribution in [2.75, 3.05) is 56.2 Å². The number of nitrogens with one attached hydrogen (secondary N) is 1. The van der Waals surface area contributed by atoms with Crippen LogP contribution >= 0.6 is 0 Å². The van der Waals surface area contributed by atoms with Crippen molar-refractivity contribution in [3.63, 3.8) is 0 Å². The molecule has 2 aromatic carbocycles. The number of ether oxygens (including phenoxy) is 3. The van der Waals surface area contributed by atoms with E-state index in [1.54, 1.807) is 12.1 Å². The smallest absolute Gasteiger partial charge is 0.265 e. The summed E-state index contributed by atoms with van der Waals surface area (Å²) in [5.41, 5.74) is 1.69. The number of fused-ring (bicyclic) bond motifs is 2. The van der Waals surface area contributed by atoms with Crippen LogP contribution in [0.2, 0.25) is 0 Å². The minimum atomic E-state index is -0.504. The molecular formula is C23H26FN3O4. The first-order chi connectivity index (χ1) is 15.2. The molecule has 3 aliphatic heterocycles. The lowest BCUT2D eigenvalue weighted by molar-refractivity contribution is -0.123. The van der Waals surface area contributed by atoms with Crippen molar-refractivity contribution in [2.45, 2.75) is 18.9 Å². The van der Waals surface area contributed by atoms with Crippen LogP contribution in [-0.4, -0.2) is 62.8 Å². The maximum atomic E-state index is 13.1. The lowest BCUT2D eigenvalue weighted by atomic mass is 10.1. The lowest BCUT2D eigenvalue weighted by Crippen LogP contribution is -2.47. The van der Waals surface area contributed by atoms with E-state index in [2.05, 4.69) is 15.1 Å². The minimum absolute atomic E-state index is 0.120. The first-order valence-electron chi connectivity index (χ1n) is 10.8. The number of hydrogen-bond donors (Lipinski definition) is 1. The van der Waals surface area contributed by atoms with E-state index in [1.807, 2.05) is 12.1 Å². The second kappa shape index (κ2) is 8.63. The molecular weight excluding hydrogens is 401 g/mol. The number of carbonyl (C=O) groups excluding carboxylic acids is 1. The Kier molecular flexibility index (Phi) is 5.55. The van der Waals surface area contributed by atoms with Gasteiger partial charge in [0.2, 0.25) is 0 Å². The van der Waals surface area contributed by atoms with E-state index in [0.29, 0.717) is 42.6 Å². The molecule has 2 aromatic rings. The number of rotatable bonds is 5. The van der Waals surface area contributed by atoms with Crippen molar-refractivity contribution in [3.8, 4) is 17.2 Å². The molecule has 1 fully saturated rings. The molecule has 164 valence electrons. The normalized spacial score (nSPS) is 20.6. The third kappa shape index (κ3) is 4.39. The average molecular weight is 427 g/mol. The van der Waals surface area contributed by atoms with Crippen LogP contribution in [0.15, 0.2) is 36.4 Å². The minimum Gasteiger partial charge on any atom is -0.486 e. The van der Waals surface area contributed by atoms with Gasteiger partial charge < -0.3 is 24.4 Å². The standard InChI is InChI=1S/C23H26FN3O4/c24-16-3-5-17(6-4-16)27-10-8-26(9-11-27)7-1-2-19-23(28)25-18-14-21-22(15-20(18)31-19)30-13-12-29-21/h3-6,14-15,19H,1-2,7-13H2,(H,25,28). The van der Waals surface area contributed by atoms with E-state index >= 15 is 0 Å². The van der Waals surface area contributed by atoms with E-state index in [0.717, 1.165) is 44.8 Å². The summed E-state index contributed by atoms with van der Waals surface area (Å²) in [5, 5.41) is 2.93. The zero-order chi connectivity index (χ0) is 21.2. The largest absolute Gasteiger partial charge is 0.486 e. The second-order valence-corrected chi connectivity index (χ2v) is 8.04. The number of anilines is 2. The SMILES string of the molecule is O=C1Nc2cc3c(cc2OC1CCCN1CCN(c2ccc(F)cc2)CC1)OCCO3. The van der Waals surface area contributed by atoms with Crippen LogP contribution in [0, 0.1) is 5.82 Å². The van der Waals surface area contributed by atoms with Gasteiger partial charge in [0, 0.05) is 44.0 Å². The Hall–Kier alpha value is -3.00. The molecule has 1 N–H and O–H groups in total. The molecule has 0 saturated carbocycles. The predicted octanol–water partition coefficient (Wildman–Crippen LogP) is 2.90. The molecule has 3 heterocycles. The Balaban J connectivity index is 1.10. The zero-order valence-electron chi connectivity index (χ0n) is 17.3. The van der Waals surface area contributed by atoms with Crippen molar-refractivity contribution >= 4 is 17.3 Å². The van der Waals surface area contributed by atoms with Crippen LogP contribution in [0.1, 0.15) is 12.8 Å². The Morgan fingerprint density at radius 3 is 2.42 bits per heavy atom. The van der Waals surface area contributed by atoms with E-state index in [-0.39, 0.29) is 11.7 Å². The molecule has 3 aliphatic rings. The topological polar surface area (TPSA) is 63.3 Å². The predicted molar refractivity (Wildman–Crippen MR) is 115 cm³/mol. The quantitative estimate of drug-likeness (QED) is 0.792. The fourth-order valence-electron chi connectivity index (χ4n) is 4.26. The number of hydrogen-bond acceptors (Lipinski definition) is 6. The van der Waals surface area contributed by atoms with Gasteiger partial charge in [0.25, 0.3) is 5.91 Å². The van der Waals surface area contributed by atoms with Crippen molar-refractivity contribution in [3.05, 3.63) is 42.2 Å². The molecule has 1 saturated heterocycles. The summed E-state index contributed by atoms with van der Waals surface area (Å²) in [7, 11) is 0. The summed E-state index contributed by atoms with van der Waals surface area (Å²) in [6, 6.07) is 10.2. The second-order valence-electron chi connectivity index (χ2n) is 8.04. The molecule has 1 amide bonds. The molecule has 0 spiro atoms. The van der Waals surface area contributed by atoms with Crippen molar-refractivity contribution in [1.82, 2.24) is 4.90 Å². The van der Waals surface area contributed by atoms with Crippen LogP contribution in [0.25, 0.3) is 0 Å². The number of benzene rings is 2. The molecule has 5 rings (SSSR count). The first kappa shape index (κ1) is 19.9. The Labute approximate surface area is 180 Å². The molecule has 0 aromatic heterocycles. The summed E-state index contributed by atoms with van der Waals surface area (Å²) in [6.45, 7) is 5.64. The average Bonchev–Trinajstić information content (AvgIpc) is 2.79. The third-order valence-corrected chi connectivity index (χ3v) is 5.97. The van der Waals surface area contributed by atoms with Crippen LogP contribution in [0.5, 0.6) is 17.2 Å². The third-order valence-electron chi connectivity index (χ3n) is 5.97. The van der Waals surface area contributed by atoms with E-state index < -0.39 is 6.10 Å². The van der Waals surface area contributed by atoms with Crippen molar-refractivity contribution in [2.24, 2.45) is 0 Å². The highest BCUT2D eigenvalue weighted by atomic mass is 19.1. The fourth-order valence-corrected chi connectivity index (χ4v) is 4.26. The van der Waals surface area contributed by atoms with Gasteiger partial charge in [-0.05, 0) is 43.7 Å². The number of carbonyl (C=O) groups is 1. The summed E-state index contributed by atoms with van der Waals surface area (Å²) >= 11 is 0. The summed E-state index contributed by atoms with van der Waals surface area (Å²) in [6.07, 6.45) is 1.02. The van der Waals surface area contributed by atoms with Gasteiger partial charge in [-0.2, -0.15) is 0 Å². The van der Waals surface area contributed by atoms with Crippen LogP contribution in [0.4, 0.5) is 15.8 Å². The summed E-state index contributed by atoms with van der Waals surface area (Å²) < 4.78 is 30.3. The van der Waals surface area contributed by atoms with E-state index in [4.69, 9.17) is 14.2 Å². The zero-order valence-corrected chi connectivity index (χ0v) is 17.3. The Morgan fingerprint density at radius 1 is 0.968 bits per heavy atom. The maximum absolute atomic E-state index is 13.1. The lowest BCUT2D eigenvalue weighted by Gasteiger charge is -2.36. The van der Waals surface area contributed by atoms with E-state index in [9.17, 15) is 9.18 Å². The molecule has 8 heteroatoms. The first-order valence-corrected chi connectivity index (χ1v) is 10.8. The number of nitrogens with zero attached hydrogens (tertiary/aromatic N) is 2. The monoisotopic (exact) mass is 427 g/mol. The highest BCUT2D eigenvalue weighted by molar-refractivity contribution is 5.98. The van der Waals surface area contributed by atoms with Gasteiger partial charge in [-0.3, -0.25) is 9.69 Å². The molecule has 7 nitrogen and oxygen atoms in total. The van der Waals surface area contributed by atoms with Crippen LogP contribution in [0.3, 0.4) is 0 Å². The molecule has 0 bridgehead atoms. The fraction of sp³-hybridized carbons (Fsp3) is 0.435. The number of piperazine rings is 1. The Morgan fingerprint density at radius 2 is 1.68 bits per heavy atom. The van der Waals surface area contributed by atoms with Crippen molar-refractivity contribution in [1.29, 1.82) is 0 Å². The Bertz CT molecular complexity index is 945. The molecule has 1 atom stereocenters. The molecule has 31 heavy (non-hydrogen) atoms. The van der Waals surface area contributed by atoms with Gasteiger partial charge in [-0.25, -0.2) is 4.39 Å². The van der Waals surface area contributed by atoms with Crippen LogP contribution in [-0.2, 0) is 4.79 Å². The van der Waals surface area contributed by atoms with Crippen molar-refractivity contribution < 1.29 is 23.4 Å². The summed E-state index contributed by atoms with van der Waals surface area (Å²) in [4.78, 5) is 17.1. The van der Waals surface area contributed by atoms with Gasteiger partial charge in [-0.15, -0.1) is 0 Å². The maximum Gasteiger partial charge on any atom is 0.265 e. The van der Waals surface area contributed by atoms with Gasteiger partial charge in [0.15, 0.2) is 17.6 Å². The number of halogens is 1. The molecule has 0 aliphatic carbocycles.